The van der Waals surface area contributed by atoms with Gasteiger partial charge < -0.3 is 14.6 Å². The molecule has 0 radical (unpaired) electrons. The van der Waals surface area contributed by atoms with Gasteiger partial charge in [-0.25, -0.2) is 4.98 Å². The number of benzene rings is 2. The molecule has 8 nitrogen and oxygen atoms in total. The van der Waals surface area contributed by atoms with Crippen LogP contribution < -0.4 is 5.32 Å². The van der Waals surface area contributed by atoms with Gasteiger partial charge in [0.15, 0.2) is 0 Å². The highest BCUT2D eigenvalue weighted by molar-refractivity contribution is 5.99. The van der Waals surface area contributed by atoms with E-state index in [4.69, 9.17) is 9.25 Å². The van der Waals surface area contributed by atoms with Crippen LogP contribution in [0.25, 0.3) is 23.1 Å². The Balaban J connectivity index is 1.64. The highest BCUT2D eigenvalue weighted by Gasteiger charge is 2.10. The summed E-state index contributed by atoms with van der Waals surface area (Å²) in [6.07, 6.45) is 3.41. The molecular weight excluding hydrogens is 408 g/mol. The van der Waals surface area contributed by atoms with Gasteiger partial charge in [0, 0.05) is 11.1 Å². The fourth-order valence-electron chi connectivity index (χ4n) is 3.22. The number of oxime groups is 1. The molecule has 4 rings (SSSR count). The lowest BCUT2D eigenvalue weighted by atomic mass is 10.1. The maximum absolute atomic E-state index is 10.8. The van der Waals surface area contributed by atoms with Crippen molar-refractivity contribution in [2.24, 2.45) is 5.16 Å². The summed E-state index contributed by atoms with van der Waals surface area (Å²) in [5.41, 5.74) is 5.06. The van der Waals surface area contributed by atoms with Crippen molar-refractivity contribution in [1.29, 1.82) is 0 Å². The van der Waals surface area contributed by atoms with E-state index in [0.717, 1.165) is 33.6 Å². The lowest BCUT2D eigenvalue weighted by Gasteiger charge is -2.11. The second-order valence-corrected chi connectivity index (χ2v) is 6.94. The lowest BCUT2D eigenvalue weighted by Crippen LogP contribution is -1.97. The van der Waals surface area contributed by atoms with Crippen molar-refractivity contribution >= 4 is 46.0 Å². The first-order chi connectivity index (χ1) is 15.5. The minimum absolute atomic E-state index is 0.298. The third-order valence-electron chi connectivity index (χ3n) is 4.76. The molecule has 2 heterocycles. The SMILES string of the molecule is CO/N=C(/C)c1ccc(Nc2cc(/C=C/c3ccc([N+](=O)[O-])o3)nc3ccccc23)cc1. The Labute approximate surface area is 184 Å². The molecule has 0 saturated heterocycles. The largest absolute Gasteiger partial charge is 0.433 e. The number of hydrogen-bond acceptors (Lipinski definition) is 7. The number of furan rings is 1. The predicted molar refractivity (Wildman–Crippen MR) is 125 cm³/mol. The van der Waals surface area contributed by atoms with E-state index in [0.29, 0.717) is 11.5 Å². The number of fused-ring (bicyclic) bond motifs is 1. The van der Waals surface area contributed by atoms with Gasteiger partial charge in [-0.3, -0.25) is 10.1 Å². The van der Waals surface area contributed by atoms with E-state index in [1.165, 1.54) is 13.2 Å². The summed E-state index contributed by atoms with van der Waals surface area (Å²) in [5.74, 6) is 0.0811. The Kier molecular flexibility index (Phi) is 5.94. The van der Waals surface area contributed by atoms with Gasteiger partial charge in [0.05, 0.1) is 28.7 Å². The zero-order valence-corrected chi connectivity index (χ0v) is 17.5. The molecule has 32 heavy (non-hydrogen) atoms. The smallest absolute Gasteiger partial charge is 0.401 e. The van der Waals surface area contributed by atoms with Crippen molar-refractivity contribution in [2.75, 3.05) is 12.4 Å². The quantitative estimate of drug-likeness (QED) is 0.219. The van der Waals surface area contributed by atoms with E-state index >= 15 is 0 Å². The number of hydrogen-bond donors (Lipinski definition) is 1. The van der Waals surface area contributed by atoms with Crippen LogP contribution in [0.4, 0.5) is 17.3 Å². The van der Waals surface area contributed by atoms with Gasteiger partial charge in [0.2, 0.25) is 0 Å². The van der Waals surface area contributed by atoms with Crippen molar-refractivity contribution in [3.8, 4) is 0 Å². The first-order valence-corrected chi connectivity index (χ1v) is 9.81. The molecule has 0 fully saturated rings. The average molecular weight is 428 g/mol. The Morgan fingerprint density at radius 3 is 2.62 bits per heavy atom. The number of para-hydroxylation sites is 1. The fraction of sp³-hybridized carbons (Fsp3) is 0.0833. The molecule has 0 amide bonds. The summed E-state index contributed by atoms with van der Waals surface area (Å²) in [7, 11) is 1.52. The molecule has 4 aromatic rings. The highest BCUT2D eigenvalue weighted by atomic mass is 16.6. The molecular formula is C24H20N4O4. The van der Waals surface area contributed by atoms with Crippen molar-refractivity contribution in [3.63, 3.8) is 0 Å². The number of nitrogens with one attached hydrogen (secondary N) is 1. The van der Waals surface area contributed by atoms with Crippen LogP contribution in [0.3, 0.4) is 0 Å². The predicted octanol–water partition coefficient (Wildman–Crippen LogP) is 6.02. The Bertz CT molecular complexity index is 1320. The molecule has 2 aromatic heterocycles. The number of rotatable bonds is 7. The molecule has 0 atom stereocenters. The van der Waals surface area contributed by atoms with Crippen LogP contribution in [-0.4, -0.2) is 22.7 Å². The van der Waals surface area contributed by atoms with E-state index in [2.05, 4.69) is 15.5 Å². The first kappa shape index (κ1) is 20.8. The van der Waals surface area contributed by atoms with Crippen molar-refractivity contribution < 1.29 is 14.2 Å². The second kappa shape index (κ2) is 9.13. The normalized spacial score (nSPS) is 11.8. The van der Waals surface area contributed by atoms with Crippen molar-refractivity contribution in [2.45, 2.75) is 6.92 Å². The summed E-state index contributed by atoms with van der Waals surface area (Å²) in [5, 5.41) is 19.2. The zero-order chi connectivity index (χ0) is 22.5. The van der Waals surface area contributed by atoms with E-state index in [9.17, 15) is 10.1 Å². The second-order valence-electron chi connectivity index (χ2n) is 6.94. The monoisotopic (exact) mass is 428 g/mol. The van der Waals surface area contributed by atoms with E-state index < -0.39 is 4.92 Å². The van der Waals surface area contributed by atoms with Crippen molar-refractivity contribution in [1.82, 2.24) is 4.98 Å². The molecule has 1 N–H and O–H groups in total. The topological polar surface area (TPSA) is 103 Å². The van der Waals surface area contributed by atoms with Gasteiger partial charge in [-0.2, -0.15) is 0 Å². The van der Waals surface area contributed by atoms with Gasteiger partial charge in [0.25, 0.3) is 0 Å². The first-order valence-electron chi connectivity index (χ1n) is 9.81. The summed E-state index contributed by atoms with van der Waals surface area (Å²) >= 11 is 0. The minimum atomic E-state index is -0.568. The van der Waals surface area contributed by atoms with Gasteiger partial charge in [0.1, 0.15) is 17.8 Å². The Morgan fingerprint density at radius 1 is 1.12 bits per heavy atom. The molecule has 0 unspecified atom stereocenters. The fourth-order valence-corrected chi connectivity index (χ4v) is 3.22. The number of aromatic nitrogens is 1. The molecule has 0 aliphatic heterocycles. The van der Waals surface area contributed by atoms with E-state index in [1.807, 2.05) is 61.5 Å². The van der Waals surface area contributed by atoms with Gasteiger partial charge >= 0.3 is 5.88 Å². The Hall–Kier alpha value is -4.46. The van der Waals surface area contributed by atoms with E-state index in [1.54, 1.807) is 18.2 Å². The van der Waals surface area contributed by atoms with Crippen LogP contribution in [-0.2, 0) is 4.84 Å². The van der Waals surface area contributed by atoms with Crippen LogP contribution in [0.2, 0.25) is 0 Å². The number of pyridine rings is 1. The van der Waals surface area contributed by atoms with Gasteiger partial charge in [-0.15, -0.1) is 0 Å². The third-order valence-corrected chi connectivity index (χ3v) is 4.76. The minimum Gasteiger partial charge on any atom is -0.401 e. The van der Waals surface area contributed by atoms with Crippen LogP contribution in [0, 0.1) is 10.1 Å². The molecule has 0 spiro atoms. The lowest BCUT2D eigenvalue weighted by molar-refractivity contribution is -0.402. The van der Waals surface area contributed by atoms with Crippen molar-refractivity contribution in [3.05, 3.63) is 93.9 Å². The summed E-state index contributed by atoms with van der Waals surface area (Å²) < 4.78 is 5.18. The number of nitrogens with zero attached hydrogens (tertiary/aromatic N) is 3. The highest BCUT2D eigenvalue weighted by Crippen LogP contribution is 2.28. The molecule has 0 bridgehead atoms. The van der Waals surface area contributed by atoms with Gasteiger partial charge in [-0.1, -0.05) is 35.5 Å². The third kappa shape index (κ3) is 4.65. The summed E-state index contributed by atoms with van der Waals surface area (Å²) in [4.78, 5) is 19.7. The van der Waals surface area contributed by atoms with Gasteiger partial charge in [-0.05, 0) is 55.0 Å². The standard InChI is InChI=1S/C24H20N4O4/c1-16(27-31-2)17-7-9-18(10-8-17)25-23-15-19(26-22-6-4-3-5-21(22)23)11-12-20-13-14-24(32-20)28(29)30/h3-15H,1-2H3,(H,25,26)/b12-11+,27-16-. The molecule has 160 valence electrons. The molecule has 0 saturated carbocycles. The maximum atomic E-state index is 10.8. The zero-order valence-electron chi connectivity index (χ0n) is 17.5. The number of anilines is 2. The molecule has 0 aliphatic rings. The van der Waals surface area contributed by atoms with Crippen LogP contribution >= 0.6 is 0 Å². The summed E-state index contributed by atoms with van der Waals surface area (Å²) in [6, 6.07) is 20.5. The van der Waals surface area contributed by atoms with Crippen LogP contribution in [0.15, 0.2) is 76.3 Å². The molecule has 0 aliphatic carbocycles. The average Bonchev–Trinajstić information content (AvgIpc) is 3.28. The maximum Gasteiger partial charge on any atom is 0.433 e. The number of nitro groups is 1. The molecule has 2 aromatic carbocycles. The van der Waals surface area contributed by atoms with Crippen LogP contribution in [0.5, 0.6) is 0 Å². The molecule has 8 heteroatoms. The van der Waals surface area contributed by atoms with Crippen LogP contribution in [0.1, 0.15) is 23.9 Å². The Morgan fingerprint density at radius 2 is 1.91 bits per heavy atom. The van der Waals surface area contributed by atoms with E-state index in [-0.39, 0.29) is 5.88 Å². The summed E-state index contributed by atoms with van der Waals surface area (Å²) in [6.45, 7) is 1.88.